The zero-order valence-electron chi connectivity index (χ0n) is 11.8. The molecule has 2 N–H and O–H groups in total. The first-order chi connectivity index (χ1) is 9.13. The van der Waals surface area contributed by atoms with Gasteiger partial charge in [-0.05, 0) is 63.4 Å². The van der Waals surface area contributed by atoms with Crippen LogP contribution in [0.15, 0.2) is 24.3 Å². The Labute approximate surface area is 115 Å². The van der Waals surface area contributed by atoms with Crippen molar-refractivity contribution in [1.82, 2.24) is 4.90 Å². The van der Waals surface area contributed by atoms with E-state index in [2.05, 4.69) is 36.2 Å². The Hall–Kier alpha value is -1.06. The molecular weight excluding hydrogens is 236 g/mol. The van der Waals surface area contributed by atoms with Crippen molar-refractivity contribution in [2.75, 3.05) is 20.1 Å². The van der Waals surface area contributed by atoms with Gasteiger partial charge in [0.05, 0.1) is 0 Å². The quantitative estimate of drug-likeness (QED) is 0.902. The highest BCUT2D eigenvalue weighted by molar-refractivity contribution is 5.29. The monoisotopic (exact) mass is 260 g/mol. The topological polar surface area (TPSA) is 38.5 Å². The molecule has 1 unspecified atom stereocenters. The van der Waals surface area contributed by atoms with Gasteiger partial charge in [0.2, 0.25) is 0 Å². The van der Waals surface area contributed by atoms with Crippen LogP contribution in [0.2, 0.25) is 0 Å². The first-order valence-corrected chi connectivity index (χ1v) is 7.36. The molecule has 1 aromatic rings. The third-order valence-corrected chi connectivity index (χ3v) is 4.26. The number of rotatable bonds is 4. The van der Waals surface area contributed by atoms with E-state index in [1.807, 2.05) is 0 Å². The van der Waals surface area contributed by atoms with Gasteiger partial charge in [0.15, 0.2) is 0 Å². The maximum absolute atomic E-state index is 6.14. The number of nitrogens with two attached hydrogens (primary N) is 1. The van der Waals surface area contributed by atoms with E-state index in [0.29, 0.717) is 6.10 Å². The molecule has 1 saturated heterocycles. The van der Waals surface area contributed by atoms with Crippen molar-refractivity contribution >= 4 is 0 Å². The Balaban J connectivity index is 1.56. The summed E-state index contributed by atoms with van der Waals surface area (Å²) in [6, 6.07) is 8.51. The van der Waals surface area contributed by atoms with Gasteiger partial charge in [0, 0.05) is 12.1 Å². The van der Waals surface area contributed by atoms with Crippen molar-refractivity contribution in [3.63, 3.8) is 0 Å². The van der Waals surface area contributed by atoms with Gasteiger partial charge in [0.25, 0.3) is 0 Å². The van der Waals surface area contributed by atoms with Crippen molar-refractivity contribution in [2.45, 2.75) is 43.7 Å². The molecule has 3 nitrogen and oxygen atoms in total. The van der Waals surface area contributed by atoms with Crippen molar-refractivity contribution in [3.8, 4) is 5.75 Å². The Morgan fingerprint density at radius 1 is 1.32 bits per heavy atom. The van der Waals surface area contributed by atoms with Crippen LogP contribution < -0.4 is 10.5 Å². The highest BCUT2D eigenvalue weighted by atomic mass is 16.5. The smallest absolute Gasteiger partial charge is 0.119 e. The molecule has 1 aromatic carbocycles. The number of nitrogens with zero attached hydrogens (tertiary/aromatic N) is 1. The average Bonchev–Trinajstić information content (AvgIpc) is 3.10. The maximum Gasteiger partial charge on any atom is 0.119 e. The van der Waals surface area contributed by atoms with Gasteiger partial charge in [0.1, 0.15) is 11.9 Å². The molecule has 1 aliphatic carbocycles. The molecule has 3 rings (SSSR count). The van der Waals surface area contributed by atoms with Gasteiger partial charge in [-0.15, -0.1) is 0 Å². The zero-order chi connectivity index (χ0) is 13.3. The van der Waals surface area contributed by atoms with Gasteiger partial charge in [-0.1, -0.05) is 12.1 Å². The van der Waals surface area contributed by atoms with Gasteiger partial charge in [-0.25, -0.2) is 0 Å². The molecule has 1 aliphatic heterocycles. The molecule has 1 atom stereocenters. The first kappa shape index (κ1) is 12.9. The summed E-state index contributed by atoms with van der Waals surface area (Å²) in [5, 5.41) is 0. The van der Waals surface area contributed by atoms with Crippen molar-refractivity contribution in [1.29, 1.82) is 0 Å². The Morgan fingerprint density at radius 2 is 2.05 bits per heavy atom. The van der Waals surface area contributed by atoms with E-state index in [4.69, 9.17) is 10.5 Å². The Morgan fingerprint density at radius 3 is 2.68 bits per heavy atom. The lowest BCUT2D eigenvalue weighted by molar-refractivity contribution is 0.104. The largest absolute Gasteiger partial charge is 0.489 e. The molecular formula is C16H24N2O. The molecule has 2 aliphatic rings. The molecule has 0 radical (unpaired) electrons. The fourth-order valence-corrected chi connectivity index (χ4v) is 2.84. The summed E-state index contributed by atoms with van der Waals surface area (Å²) in [6.07, 6.45) is 6.07. The summed E-state index contributed by atoms with van der Waals surface area (Å²) in [4.78, 5) is 2.34. The number of likely N-dealkylation sites (N-methyl/N-ethyl adjacent to an activating group) is 1. The minimum atomic E-state index is 0.0917. The van der Waals surface area contributed by atoms with Crippen LogP contribution in [0.3, 0.4) is 0 Å². The fourth-order valence-electron chi connectivity index (χ4n) is 2.84. The van der Waals surface area contributed by atoms with Gasteiger partial charge in [-0.3, -0.25) is 0 Å². The molecule has 1 heterocycles. The number of piperidine rings is 1. The lowest BCUT2D eigenvalue weighted by atomic mass is 10.0. The standard InChI is InChI=1S/C16H24N2O/c1-18-10-2-3-15(12-18)19-14-6-4-13(5-7-14)11-16(17)8-9-16/h4-7,15H,2-3,8-12,17H2,1H3. The normalized spacial score (nSPS) is 26.1. The number of hydrogen-bond acceptors (Lipinski definition) is 3. The lowest BCUT2D eigenvalue weighted by Gasteiger charge is -2.30. The SMILES string of the molecule is CN1CCCC(Oc2ccc(CC3(N)CC3)cc2)C1. The number of ether oxygens (including phenoxy) is 1. The van der Waals surface area contributed by atoms with E-state index in [9.17, 15) is 0 Å². The third-order valence-electron chi connectivity index (χ3n) is 4.26. The van der Waals surface area contributed by atoms with Gasteiger partial charge in [-0.2, -0.15) is 0 Å². The summed E-state index contributed by atoms with van der Waals surface area (Å²) >= 11 is 0. The minimum absolute atomic E-state index is 0.0917. The van der Waals surface area contributed by atoms with E-state index < -0.39 is 0 Å². The highest BCUT2D eigenvalue weighted by Gasteiger charge is 2.37. The van der Waals surface area contributed by atoms with Crippen molar-refractivity contribution in [2.24, 2.45) is 5.73 Å². The second-order valence-electron chi connectivity index (χ2n) is 6.33. The summed E-state index contributed by atoms with van der Waals surface area (Å²) in [5.74, 6) is 0.992. The molecule has 2 fully saturated rings. The van der Waals surface area contributed by atoms with Crippen LogP contribution in [0.25, 0.3) is 0 Å². The summed E-state index contributed by atoms with van der Waals surface area (Å²) < 4.78 is 6.05. The number of benzene rings is 1. The Bertz CT molecular complexity index is 425. The predicted octanol–water partition coefficient (Wildman–Crippen LogP) is 2.19. The lowest BCUT2D eigenvalue weighted by Crippen LogP contribution is -2.38. The van der Waals surface area contributed by atoms with Crippen LogP contribution in [-0.2, 0) is 6.42 Å². The molecule has 0 amide bonds. The minimum Gasteiger partial charge on any atom is -0.489 e. The van der Waals surface area contributed by atoms with Crippen molar-refractivity contribution in [3.05, 3.63) is 29.8 Å². The maximum atomic E-state index is 6.14. The molecule has 104 valence electrons. The fraction of sp³-hybridized carbons (Fsp3) is 0.625. The summed E-state index contributed by atoms with van der Waals surface area (Å²) in [7, 11) is 2.16. The predicted molar refractivity (Wildman–Crippen MR) is 77.4 cm³/mol. The van der Waals surface area contributed by atoms with Crippen LogP contribution in [0.1, 0.15) is 31.2 Å². The summed E-state index contributed by atoms with van der Waals surface area (Å²) in [5.41, 5.74) is 7.56. The molecule has 19 heavy (non-hydrogen) atoms. The van der Waals surface area contributed by atoms with Gasteiger partial charge >= 0.3 is 0 Å². The van der Waals surface area contributed by atoms with Crippen molar-refractivity contribution < 1.29 is 4.74 Å². The second kappa shape index (κ2) is 5.14. The van der Waals surface area contributed by atoms with Crippen LogP contribution in [0, 0.1) is 0 Å². The number of hydrogen-bond donors (Lipinski definition) is 1. The highest BCUT2D eigenvalue weighted by Crippen LogP contribution is 2.35. The summed E-state index contributed by atoms with van der Waals surface area (Å²) in [6.45, 7) is 2.23. The molecule has 0 bridgehead atoms. The Kier molecular flexibility index (Phi) is 3.50. The molecule has 0 spiro atoms. The van der Waals surface area contributed by atoms with Crippen LogP contribution in [0.5, 0.6) is 5.75 Å². The second-order valence-corrected chi connectivity index (χ2v) is 6.33. The molecule has 1 saturated carbocycles. The van der Waals surface area contributed by atoms with E-state index in [-0.39, 0.29) is 5.54 Å². The number of likely N-dealkylation sites (tertiary alicyclic amines) is 1. The van der Waals surface area contributed by atoms with Gasteiger partial charge < -0.3 is 15.4 Å². The van der Waals surface area contributed by atoms with Crippen LogP contribution in [-0.4, -0.2) is 36.7 Å². The molecule has 0 aromatic heterocycles. The average molecular weight is 260 g/mol. The van der Waals surface area contributed by atoms with E-state index >= 15 is 0 Å². The van der Waals surface area contributed by atoms with Crippen LogP contribution >= 0.6 is 0 Å². The van der Waals surface area contributed by atoms with E-state index in [0.717, 1.165) is 25.1 Å². The molecule has 3 heteroatoms. The first-order valence-electron chi connectivity index (χ1n) is 7.36. The third kappa shape index (κ3) is 3.48. The zero-order valence-corrected chi connectivity index (χ0v) is 11.8. The van der Waals surface area contributed by atoms with E-state index in [1.54, 1.807) is 0 Å². The van der Waals surface area contributed by atoms with Crippen LogP contribution in [0.4, 0.5) is 0 Å². The van der Waals surface area contributed by atoms with E-state index in [1.165, 1.54) is 31.4 Å².